The molecule has 0 bridgehead atoms. The monoisotopic (exact) mass is 188 g/mol. The summed E-state index contributed by atoms with van der Waals surface area (Å²) in [6.07, 6.45) is 1.37. The zero-order valence-corrected chi connectivity index (χ0v) is 7.27. The molecule has 1 heterocycles. The molecular formula is C10H8N2O2. The van der Waals surface area contributed by atoms with E-state index in [1.54, 1.807) is 18.2 Å². The Bertz CT molecular complexity index is 508. The highest BCUT2D eigenvalue weighted by Gasteiger charge is 2.10. The van der Waals surface area contributed by atoms with E-state index in [0.29, 0.717) is 11.1 Å². The largest absolute Gasteiger partial charge is 0.476 e. The number of aromatic nitrogens is 1. The average Bonchev–Trinajstić information content (AvgIpc) is 2.18. The van der Waals surface area contributed by atoms with Gasteiger partial charge >= 0.3 is 5.97 Å². The number of carbonyl (C=O) groups is 1. The van der Waals surface area contributed by atoms with Gasteiger partial charge in [-0.25, -0.2) is 9.78 Å². The van der Waals surface area contributed by atoms with Crippen molar-refractivity contribution in [2.45, 2.75) is 0 Å². The van der Waals surface area contributed by atoms with Crippen molar-refractivity contribution in [2.75, 3.05) is 5.73 Å². The van der Waals surface area contributed by atoms with Gasteiger partial charge in [0.05, 0.1) is 11.9 Å². The summed E-state index contributed by atoms with van der Waals surface area (Å²) in [4.78, 5) is 14.6. The van der Waals surface area contributed by atoms with Crippen molar-refractivity contribution in [3.8, 4) is 0 Å². The normalized spacial score (nSPS) is 10.3. The van der Waals surface area contributed by atoms with Gasteiger partial charge in [-0.15, -0.1) is 0 Å². The summed E-state index contributed by atoms with van der Waals surface area (Å²) in [6, 6.07) is 7.04. The van der Waals surface area contributed by atoms with Crippen molar-refractivity contribution in [3.05, 3.63) is 36.2 Å². The smallest absolute Gasteiger partial charge is 0.355 e. The fourth-order valence-electron chi connectivity index (χ4n) is 1.38. The van der Waals surface area contributed by atoms with Crippen molar-refractivity contribution in [2.24, 2.45) is 0 Å². The second kappa shape index (κ2) is 2.99. The van der Waals surface area contributed by atoms with E-state index in [1.807, 2.05) is 6.07 Å². The Kier molecular flexibility index (Phi) is 1.81. The van der Waals surface area contributed by atoms with Crippen LogP contribution in [0.4, 0.5) is 5.69 Å². The molecule has 2 rings (SSSR count). The molecule has 0 saturated heterocycles. The number of anilines is 1. The summed E-state index contributed by atoms with van der Waals surface area (Å²) in [7, 11) is 0. The van der Waals surface area contributed by atoms with Gasteiger partial charge < -0.3 is 10.8 Å². The van der Waals surface area contributed by atoms with Crippen molar-refractivity contribution in [1.82, 2.24) is 4.98 Å². The van der Waals surface area contributed by atoms with Crippen LogP contribution >= 0.6 is 0 Å². The summed E-state index contributed by atoms with van der Waals surface area (Å²) in [5, 5.41) is 10.2. The Hall–Kier alpha value is -2.10. The summed E-state index contributed by atoms with van der Waals surface area (Å²) in [5.74, 6) is -1.04. The molecule has 0 saturated carbocycles. The molecule has 3 N–H and O–H groups in total. The fourth-order valence-corrected chi connectivity index (χ4v) is 1.38. The molecule has 4 nitrogen and oxygen atoms in total. The van der Waals surface area contributed by atoms with Crippen LogP contribution < -0.4 is 5.73 Å². The maximum absolute atomic E-state index is 10.8. The Balaban J connectivity index is 2.88. The number of hydrogen-bond acceptors (Lipinski definition) is 3. The van der Waals surface area contributed by atoms with Crippen LogP contribution in [0, 0.1) is 0 Å². The number of nitrogen functional groups attached to an aromatic ring is 1. The van der Waals surface area contributed by atoms with Crippen LogP contribution in [-0.2, 0) is 0 Å². The zero-order chi connectivity index (χ0) is 10.1. The fraction of sp³-hybridized carbons (Fsp3) is 0. The number of rotatable bonds is 1. The molecule has 0 radical (unpaired) electrons. The zero-order valence-electron chi connectivity index (χ0n) is 7.27. The van der Waals surface area contributed by atoms with Crippen LogP contribution in [0.15, 0.2) is 30.5 Å². The number of pyridine rings is 1. The molecule has 1 aromatic carbocycles. The first kappa shape index (κ1) is 8.50. The highest BCUT2D eigenvalue weighted by molar-refractivity contribution is 6.05. The third-order valence-electron chi connectivity index (χ3n) is 2.03. The molecule has 4 heteroatoms. The van der Waals surface area contributed by atoms with Gasteiger partial charge in [-0.3, -0.25) is 0 Å². The minimum Gasteiger partial charge on any atom is -0.476 e. The third kappa shape index (κ3) is 1.17. The first-order valence-corrected chi connectivity index (χ1v) is 4.06. The first-order valence-electron chi connectivity index (χ1n) is 4.06. The highest BCUT2D eigenvalue weighted by atomic mass is 16.4. The molecule has 1 aromatic heterocycles. The van der Waals surface area contributed by atoms with Gasteiger partial charge in [0, 0.05) is 10.8 Å². The number of carboxylic acid groups (broad SMARTS) is 1. The molecule has 0 amide bonds. The lowest BCUT2D eigenvalue weighted by molar-refractivity contribution is 0.0693. The SMILES string of the molecule is Nc1cnc(C(=O)O)c2ccccc12. The van der Waals surface area contributed by atoms with E-state index in [4.69, 9.17) is 10.8 Å². The second-order valence-electron chi connectivity index (χ2n) is 2.91. The van der Waals surface area contributed by atoms with Gasteiger partial charge in [0.2, 0.25) is 0 Å². The van der Waals surface area contributed by atoms with E-state index < -0.39 is 5.97 Å². The third-order valence-corrected chi connectivity index (χ3v) is 2.03. The molecule has 0 aliphatic heterocycles. The average molecular weight is 188 g/mol. The predicted molar refractivity (Wildman–Crippen MR) is 53.1 cm³/mol. The molecule has 0 fully saturated rings. The number of nitrogens with zero attached hydrogens (tertiary/aromatic N) is 1. The van der Waals surface area contributed by atoms with Crippen LogP contribution in [0.1, 0.15) is 10.5 Å². The van der Waals surface area contributed by atoms with E-state index in [-0.39, 0.29) is 5.69 Å². The van der Waals surface area contributed by atoms with Crippen molar-refractivity contribution >= 4 is 22.4 Å². The lowest BCUT2D eigenvalue weighted by Gasteiger charge is -2.03. The predicted octanol–water partition coefficient (Wildman–Crippen LogP) is 1.52. The van der Waals surface area contributed by atoms with Gasteiger partial charge in [-0.1, -0.05) is 24.3 Å². The van der Waals surface area contributed by atoms with E-state index in [0.717, 1.165) is 5.39 Å². The Morgan fingerprint density at radius 2 is 1.93 bits per heavy atom. The number of nitrogens with two attached hydrogens (primary N) is 1. The summed E-state index contributed by atoms with van der Waals surface area (Å²) in [6.45, 7) is 0. The van der Waals surface area contributed by atoms with Crippen molar-refractivity contribution in [3.63, 3.8) is 0 Å². The number of aromatic carboxylic acids is 1. The summed E-state index contributed by atoms with van der Waals surface area (Å²) in [5.41, 5.74) is 6.20. The Labute approximate surface area is 80.0 Å². The van der Waals surface area contributed by atoms with Crippen LogP contribution in [-0.4, -0.2) is 16.1 Å². The van der Waals surface area contributed by atoms with E-state index in [2.05, 4.69) is 4.98 Å². The molecule has 0 aliphatic rings. The second-order valence-corrected chi connectivity index (χ2v) is 2.91. The highest BCUT2D eigenvalue weighted by Crippen LogP contribution is 2.22. The van der Waals surface area contributed by atoms with Crippen molar-refractivity contribution < 1.29 is 9.90 Å². The van der Waals surface area contributed by atoms with E-state index in [1.165, 1.54) is 6.20 Å². The van der Waals surface area contributed by atoms with Crippen LogP contribution in [0.5, 0.6) is 0 Å². The minimum absolute atomic E-state index is 0.0369. The molecule has 14 heavy (non-hydrogen) atoms. The molecule has 2 aromatic rings. The summed E-state index contributed by atoms with van der Waals surface area (Å²) < 4.78 is 0. The van der Waals surface area contributed by atoms with Gasteiger partial charge in [-0.05, 0) is 0 Å². The summed E-state index contributed by atoms with van der Waals surface area (Å²) >= 11 is 0. The Morgan fingerprint density at radius 3 is 2.57 bits per heavy atom. The first-order chi connectivity index (χ1) is 6.70. The van der Waals surface area contributed by atoms with Crippen LogP contribution in [0.3, 0.4) is 0 Å². The lowest BCUT2D eigenvalue weighted by Crippen LogP contribution is -2.02. The molecule has 0 aliphatic carbocycles. The Morgan fingerprint density at radius 1 is 1.29 bits per heavy atom. The molecule has 0 atom stereocenters. The van der Waals surface area contributed by atoms with E-state index in [9.17, 15) is 4.79 Å². The maximum atomic E-state index is 10.8. The van der Waals surface area contributed by atoms with E-state index >= 15 is 0 Å². The van der Waals surface area contributed by atoms with Gasteiger partial charge in [0.1, 0.15) is 0 Å². The van der Waals surface area contributed by atoms with Crippen LogP contribution in [0.2, 0.25) is 0 Å². The van der Waals surface area contributed by atoms with Crippen LogP contribution in [0.25, 0.3) is 10.8 Å². The topological polar surface area (TPSA) is 76.2 Å². The quantitative estimate of drug-likeness (QED) is 0.711. The number of carboxylic acids is 1. The lowest BCUT2D eigenvalue weighted by atomic mass is 10.1. The van der Waals surface area contributed by atoms with Gasteiger partial charge in [-0.2, -0.15) is 0 Å². The molecule has 70 valence electrons. The number of fused-ring (bicyclic) bond motifs is 1. The van der Waals surface area contributed by atoms with Crippen molar-refractivity contribution in [1.29, 1.82) is 0 Å². The molecule has 0 unspecified atom stereocenters. The molecule has 0 spiro atoms. The van der Waals surface area contributed by atoms with Gasteiger partial charge in [0.25, 0.3) is 0 Å². The minimum atomic E-state index is -1.04. The number of hydrogen-bond donors (Lipinski definition) is 2. The number of benzene rings is 1. The maximum Gasteiger partial charge on any atom is 0.355 e. The van der Waals surface area contributed by atoms with Gasteiger partial charge in [0.15, 0.2) is 5.69 Å². The standard InChI is InChI=1S/C10H8N2O2/c11-8-5-12-9(10(13)14)7-4-2-1-3-6(7)8/h1-5H,11H2,(H,13,14). The molecular weight excluding hydrogens is 180 g/mol.